The third-order valence-electron chi connectivity index (χ3n) is 4.16. The van der Waals surface area contributed by atoms with E-state index in [0.29, 0.717) is 11.8 Å². The third kappa shape index (κ3) is 3.07. The van der Waals surface area contributed by atoms with E-state index in [0.717, 1.165) is 30.3 Å². The predicted molar refractivity (Wildman–Crippen MR) is 87.4 cm³/mol. The first-order valence-corrected chi connectivity index (χ1v) is 7.78. The molecule has 0 aromatic heterocycles. The lowest BCUT2D eigenvalue weighted by atomic mass is 9.86. The molecule has 0 saturated carbocycles. The first-order valence-electron chi connectivity index (χ1n) is 7.40. The van der Waals surface area contributed by atoms with Gasteiger partial charge in [0.1, 0.15) is 5.75 Å². The molecule has 110 valence electrons. The van der Waals surface area contributed by atoms with Crippen LogP contribution in [0.4, 0.5) is 0 Å². The summed E-state index contributed by atoms with van der Waals surface area (Å²) >= 11 is 6.38. The van der Waals surface area contributed by atoms with E-state index in [9.17, 15) is 0 Å². The van der Waals surface area contributed by atoms with Crippen LogP contribution in [0.25, 0.3) is 0 Å². The third-order valence-corrected chi connectivity index (χ3v) is 4.51. The molecule has 0 amide bonds. The van der Waals surface area contributed by atoms with Crippen molar-refractivity contribution in [2.75, 3.05) is 20.2 Å². The van der Waals surface area contributed by atoms with Gasteiger partial charge in [-0.25, -0.2) is 0 Å². The van der Waals surface area contributed by atoms with Gasteiger partial charge in [-0.15, -0.1) is 0 Å². The van der Waals surface area contributed by atoms with Crippen LogP contribution in [0, 0.1) is 0 Å². The van der Waals surface area contributed by atoms with Gasteiger partial charge in [0.15, 0.2) is 0 Å². The smallest absolute Gasteiger partial charge is 0.122 e. The van der Waals surface area contributed by atoms with Crippen LogP contribution in [0.2, 0.25) is 5.02 Å². The summed E-state index contributed by atoms with van der Waals surface area (Å²) in [5.41, 5.74) is 2.54. The fourth-order valence-electron chi connectivity index (χ4n) is 3.14. The molecule has 0 radical (unpaired) electrons. The highest BCUT2D eigenvalue weighted by Gasteiger charge is 2.27. The number of benzene rings is 2. The second kappa shape index (κ2) is 6.50. The molecule has 0 fully saturated rings. The quantitative estimate of drug-likeness (QED) is 0.893. The molecule has 1 N–H and O–H groups in total. The molecule has 2 nitrogen and oxygen atoms in total. The minimum Gasteiger partial charge on any atom is -0.493 e. The zero-order valence-electron chi connectivity index (χ0n) is 12.2. The summed E-state index contributed by atoms with van der Waals surface area (Å²) in [7, 11) is 1.99. The van der Waals surface area contributed by atoms with Crippen molar-refractivity contribution in [1.82, 2.24) is 5.32 Å². The summed E-state index contributed by atoms with van der Waals surface area (Å²) in [5, 5.41) is 4.14. The standard InChI is InChI=1S/C18H20ClNO/c1-20-11-13(15-6-2-4-8-17(15)19)10-14-12-21-18-9-5-3-7-16(14)18/h2-9,13-14,20H,10-12H2,1H3. The Morgan fingerprint density at radius 2 is 1.95 bits per heavy atom. The molecule has 2 unspecified atom stereocenters. The number of fused-ring (bicyclic) bond motifs is 1. The summed E-state index contributed by atoms with van der Waals surface area (Å²) in [6.07, 6.45) is 1.04. The zero-order chi connectivity index (χ0) is 14.7. The molecule has 0 saturated heterocycles. The molecule has 21 heavy (non-hydrogen) atoms. The highest BCUT2D eigenvalue weighted by Crippen LogP contribution is 2.40. The zero-order valence-corrected chi connectivity index (χ0v) is 12.9. The van der Waals surface area contributed by atoms with Gasteiger partial charge in [0.2, 0.25) is 0 Å². The topological polar surface area (TPSA) is 21.3 Å². The van der Waals surface area contributed by atoms with Gasteiger partial charge in [0.25, 0.3) is 0 Å². The van der Waals surface area contributed by atoms with Crippen LogP contribution in [-0.2, 0) is 0 Å². The van der Waals surface area contributed by atoms with Crippen LogP contribution in [0.5, 0.6) is 5.75 Å². The second-order valence-electron chi connectivity index (χ2n) is 5.56. The van der Waals surface area contributed by atoms with Crippen molar-refractivity contribution in [2.45, 2.75) is 18.3 Å². The van der Waals surface area contributed by atoms with Crippen molar-refractivity contribution in [3.63, 3.8) is 0 Å². The average molecular weight is 302 g/mol. The van der Waals surface area contributed by atoms with Gasteiger partial charge >= 0.3 is 0 Å². The Bertz CT molecular complexity index is 614. The van der Waals surface area contributed by atoms with Gasteiger partial charge in [-0.3, -0.25) is 0 Å². The van der Waals surface area contributed by atoms with E-state index in [1.54, 1.807) is 0 Å². The van der Waals surface area contributed by atoms with E-state index in [1.807, 2.05) is 25.2 Å². The average Bonchev–Trinajstić information content (AvgIpc) is 2.91. The second-order valence-corrected chi connectivity index (χ2v) is 5.96. The minimum absolute atomic E-state index is 0.392. The van der Waals surface area contributed by atoms with Crippen LogP contribution in [0.1, 0.15) is 29.4 Å². The fourth-order valence-corrected chi connectivity index (χ4v) is 3.43. The van der Waals surface area contributed by atoms with Gasteiger partial charge in [0.05, 0.1) is 6.61 Å². The van der Waals surface area contributed by atoms with Crippen molar-refractivity contribution in [1.29, 1.82) is 0 Å². The molecule has 0 aliphatic carbocycles. The Morgan fingerprint density at radius 3 is 2.76 bits per heavy atom. The lowest BCUT2D eigenvalue weighted by Gasteiger charge is -2.21. The van der Waals surface area contributed by atoms with Gasteiger partial charge < -0.3 is 10.1 Å². The van der Waals surface area contributed by atoms with Crippen molar-refractivity contribution in [2.24, 2.45) is 0 Å². The van der Waals surface area contributed by atoms with E-state index in [1.165, 1.54) is 11.1 Å². The summed E-state index contributed by atoms with van der Waals surface area (Å²) in [6, 6.07) is 16.5. The Balaban J connectivity index is 1.82. The van der Waals surface area contributed by atoms with Crippen LogP contribution < -0.4 is 10.1 Å². The van der Waals surface area contributed by atoms with Crippen molar-refractivity contribution in [3.8, 4) is 5.75 Å². The van der Waals surface area contributed by atoms with Crippen LogP contribution >= 0.6 is 11.6 Å². The predicted octanol–water partition coefficient (Wildman–Crippen LogP) is 4.21. The van der Waals surface area contributed by atoms with Gasteiger partial charge in [-0.1, -0.05) is 48.0 Å². The Kier molecular flexibility index (Phi) is 4.47. The Morgan fingerprint density at radius 1 is 1.19 bits per heavy atom. The number of ether oxygens (including phenoxy) is 1. The van der Waals surface area contributed by atoms with Gasteiger partial charge in [-0.05, 0) is 37.1 Å². The molecule has 3 heteroatoms. The Labute approximate surface area is 131 Å². The van der Waals surface area contributed by atoms with Gasteiger partial charge in [0, 0.05) is 23.0 Å². The molecular weight excluding hydrogens is 282 g/mol. The molecule has 3 rings (SSSR count). The largest absolute Gasteiger partial charge is 0.493 e. The summed E-state index contributed by atoms with van der Waals surface area (Å²) in [4.78, 5) is 0. The first-order chi connectivity index (χ1) is 10.3. The molecule has 2 atom stereocenters. The van der Waals surface area contributed by atoms with E-state index < -0.39 is 0 Å². The monoisotopic (exact) mass is 301 g/mol. The number of hydrogen-bond acceptors (Lipinski definition) is 2. The number of hydrogen-bond donors (Lipinski definition) is 1. The maximum atomic E-state index is 6.38. The molecule has 1 aliphatic rings. The lowest BCUT2D eigenvalue weighted by molar-refractivity contribution is 0.317. The van der Waals surface area contributed by atoms with Crippen LogP contribution in [0.3, 0.4) is 0 Å². The van der Waals surface area contributed by atoms with Gasteiger partial charge in [-0.2, -0.15) is 0 Å². The highest BCUT2D eigenvalue weighted by atomic mass is 35.5. The van der Waals surface area contributed by atoms with E-state index in [-0.39, 0.29) is 0 Å². The van der Waals surface area contributed by atoms with E-state index in [2.05, 4.69) is 35.6 Å². The molecular formula is C18H20ClNO. The van der Waals surface area contributed by atoms with Crippen molar-refractivity contribution in [3.05, 3.63) is 64.7 Å². The maximum absolute atomic E-state index is 6.38. The summed E-state index contributed by atoms with van der Waals surface area (Å²) in [6.45, 7) is 1.69. The molecule has 0 bridgehead atoms. The normalized spacial score (nSPS) is 18.1. The highest BCUT2D eigenvalue weighted by molar-refractivity contribution is 6.31. The molecule has 1 aliphatic heterocycles. The number of likely N-dealkylation sites (N-methyl/N-ethyl adjacent to an activating group) is 1. The van der Waals surface area contributed by atoms with Crippen LogP contribution in [0.15, 0.2) is 48.5 Å². The summed E-state index contributed by atoms with van der Waals surface area (Å²) < 4.78 is 5.80. The summed E-state index contributed by atoms with van der Waals surface area (Å²) in [5.74, 6) is 1.86. The van der Waals surface area contributed by atoms with E-state index in [4.69, 9.17) is 16.3 Å². The van der Waals surface area contributed by atoms with Crippen molar-refractivity contribution >= 4 is 11.6 Å². The fraction of sp³-hybridized carbons (Fsp3) is 0.333. The molecule has 2 aromatic rings. The number of para-hydroxylation sites is 1. The lowest BCUT2D eigenvalue weighted by Crippen LogP contribution is -2.20. The van der Waals surface area contributed by atoms with Crippen molar-refractivity contribution < 1.29 is 4.74 Å². The molecule has 2 aromatic carbocycles. The van der Waals surface area contributed by atoms with E-state index >= 15 is 0 Å². The first kappa shape index (κ1) is 14.4. The number of rotatable bonds is 5. The van der Waals surface area contributed by atoms with Crippen LogP contribution in [-0.4, -0.2) is 20.2 Å². The minimum atomic E-state index is 0.392. The molecule has 1 heterocycles. The SMILES string of the molecule is CNCC(CC1COc2ccccc21)c1ccccc1Cl. The Hall–Kier alpha value is -1.51. The maximum Gasteiger partial charge on any atom is 0.122 e. The number of nitrogens with one attached hydrogen (secondary N) is 1. The number of halogens is 1. The molecule has 0 spiro atoms.